The highest BCUT2D eigenvalue weighted by Crippen LogP contribution is 2.30. The van der Waals surface area contributed by atoms with Gasteiger partial charge < -0.3 is 10.1 Å². The van der Waals surface area contributed by atoms with Crippen LogP contribution in [0.5, 0.6) is 5.75 Å². The third kappa shape index (κ3) is 5.94. The number of halogens is 2. The highest BCUT2D eigenvalue weighted by Gasteiger charge is 2.27. The minimum atomic E-state index is -4.04. The second kappa shape index (κ2) is 10.3. The number of anilines is 2. The maximum absolute atomic E-state index is 13.3. The van der Waals surface area contributed by atoms with Crippen LogP contribution in [-0.2, 0) is 14.8 Å². The Balaban J connectivity index is 1.87. The third-order valence-corrected chi connectivity index (χ3v) is 6.85. The molecule has 9 heteroatoms. The van der Waals surface area contributed by atoms with Gasteiger partial charge in [0.15, 0.2) is 0 Å². The lowest BCUT2D eigenvalue weighted by Gasteiger charge is -2.24. The lowest BCUT2D eigenvalue weighted by atomic mass is 10.3. The predicted octanol–water partition coefficient (Wildman–Crippen LogP) is 5.61. The predicted molar refractivity (Wildman–Crippen MR) is 128 cm³/mol. The van der Waals surface area contributed by atoms with E-state index in [0.717, 1.165) is 4.31 Å². The van der Waals surface area contributed by atoms with Crippen LogP contribution in [0.1, 0.15) is 13.8 Å². The first-order valence-corrected chi connectivity index (χ1v) is 12.0. The Morgan fingerprint density at radius 1 is 0.969 bits per heavy atom. The summed E-state index contributed by atoms with van der Waals surface area (Å²) in [5.74, 6) is 0.148. The molecule has 1 N–H and O–H groups in total. The Morgan fingerprint density at radius 3 is 2.22 bits per heavy atom. The van der Waals surface area contributed by atoms with Gasteiger partial charge in [-0.2, -0.15) is 0 Å². The van der Waals surface area contributed by atoms with E-state index < -0.39 is 22.5 Å². The summed E-state index contributed by atoms with van der Waals surface area (Å²) in [5.41, 5.74) is 0.733. The molecule has 0 saturated heterocycles. The van der Waals surface area contributed by atoms with E-state index in [4.69, 9.17) is 27.9 Å². The van der Waals surface area contributed by atoms with Gasteiger partial charge in [-0.25, -0.2) is 8.42 Å². The van der Waals surface area contributed by atoms with Gasteiger partial charge in [0.25, 0.3) is 10.0 Å². The molecule has 3 aromatic rings. The van der Waals surface area contributed by atoms with Crippen LogP contribution < -0.4 is 14.4 Å². The lowest BCUT2D eigenvalue weighted by Crippen LogP contribution is -2.38. The second-order valence-corrected chi connectivity index (χ2v) is 9.84. The van der Waals surface area contributed by atoms with Crippen molar-refractivity contribution in [2.75, 3.05) is 16.2 Å². The van der Waals surface area contributed by atoms with Gasteiger partial charge in [0.2, 0.25) is 5.91 Å². The van der Waals surface area contributed by atoms with E-state index in [1.54, 1.807) is 42.5 Å². The molecular formula is C23H22Cl2N2O4S. The highest BCUT2D eigenvalue weighted by atomic mass is 35.5. The highest BCUT2D eigenvalue weighted by molar-refractivity contribution is 7.92. The van der Waals surface area contributed by atoms with Crippen molar-refractivity contribution in [3.63, 3.8) is 0 Å². The quantitative estimate of drug-likeness (QED) is 0.442. The molecule has 0 fully saturated rings. The number of carbonyl (C=O) groups excluding carboxylic acids is 1. The van der Waals surface area contributed by atoms with Crippen LogP contribution in [0.25, 0.3) is 0 Å². The fraction of sp³-hybridized carbons (Fsp3) is 0.174. The maximum Gasteiger partial charge on any atom is 0.264 e. The molecule has 168 valence electrons. The van der Waals surface area contributed by atoms with E-state index in [1.165, 1.54) is 30.3 Å². The van der Waals surface area contributed by atoms with Gasteiger partial charge in [0, 0.05) is 5.69 Å². The van der Waals surface area contributed by atoms with Gasteiger partial charge >= 0.3 is 0 Å². The summed E-state index contributed by atoms with van der Waals surface area (Å²) in [6.07, 6.45) is 0.0263. The number of sulfonamides is 1. The first-order chi connectivity index (χ1) is 15.2. The number of rotatable bonds is 8. The van der Waals surface area contributed by atoms with Crippen molar-refractivity contribution in [1.29, 1.82) is 0 Å². The van der Waals surface area contributed by atoms with Crippen molar-refractivity contribution in [3.8, 4) is 5.75 Å². The summed E-state index contributed by atoms with van der Waals surface area (Å²) in [7, 11) is -4.04. The van der Waals surface area contributed by atoms with Crippen molar-refractivity contribution < 1.29 is 17.9 Å². The SMILES string of the molecule is CC(C)Oc1ccc(NC(=O)CN(c2ccc(Cl)c(Cl)c2)S(=O)(=O)c2ccccc2)cc1. The first-order valence-electron chi connectivity index (χ1n) is 9.76. The minimum Gasteiger partial charge on any atom is -0.491 e. The molecule has 0 radical (unpaired) electrons. The monoisotopic (exact) mass is 492 g/mol. The average Bonchev–Trinajstić information content (AvgIpc) is 2.75. The van der Waals surface area contributed by atoms with Crippen molar-refractivity contribution in [2.24, 2.45) is 0 Å². The fourth-order valence-electron chi connectivity index (χ4n) is 2.89. The summed E-state index contributed by atoms with van der Waals surface area (Å²) in [6.45, 7) is 3.38. The van der Waals surface area contributed by atoms with Gasteiger partial charge in [-0.15, -0.1) is 0 Å². The number of carbonyl (C=O) groups is 1. The Hall–Kier alpha value is -2.74. The van der Waals surface area contributed by atoms with E-state index in [9.17, 15) is 13.2 Å². The molecule has 3 rings (SSSR count). The summed E-state index contributed by atoms with van der Waals surface area (Å²) in [4.78, 5) is 12.8. The van der Waals surface area contributed by atoms with E-state index in [0.29, 0.717) is 11.4 Å². The average molecular weight is 493 g/mol. The molecule has 0 bridgehead atoms. The van der Waals surface area contributed by atoms with Crippen LogP contribution in [0.15, 0.2) is 77.7 Å². The van der Waals surface area contributed by atoms with Gasteiger partial charge in [-0.1, -0.05) is 41.4 Å². The molecular weight excluding hydrogens is 471 g/mol. The number of benzene rings is 3. The smallest absolute Gasteiger partial charge is 0.264 e. The topological polar surface area (TPSA) is 75.7 Å². The van der Waals surface area contributed by atoms with E-state index in [2.05, 4.69) is 5.32 Å². The van der Waals surface area contributed by atoms with Crippen LogP contribution in [0.4, 0.5) is 11.4 Å². The van der Waals surface area contributed by atoms with Crippen LogP contribution in [0.2, 0.25) is 10.0 Å². The number of amides is 1. The molecule has 32 heavy (non-hydrogen) atoms. The van der Waals surface area contributed by atoms with Crippen LogP contribution in [-0.4, -0.2) is 27.0 Å². The number of hydrogen-bond donors (Lipinski definition) is 1. The van der Waals surface area contributed by atoms with Crippen molar-refractivity contribution in [3.05, 3.63) is 82.8 Å². The molecule has 0 aliphatic heterocycles. The third-order valence-electron chi connectivity index (χ3n) is 4.32. The molecule has 0 aliphatic rings. The first kappa shape index (κ1) is 23.9. The summed E-state index contributed by atoms with van der Waals surface area (Å²) in [6, 6.07) is 19.1. The maximum atomic E-state index is 13.3. The van der Waals surface area contributed by atoms with Crippen molar-refractivity contribution in [1.82, 2.24) is 0 Å². The molecule has 0 atom stereocenters. The summed E-state index contributed by atoms with van der Waals surface area (Å²) >= 11 is 12.1. The Labute approximate surface area is 197 Å². The zero-order chi connectivity index (χ0) is 23.3. The summed E-state index contributed by atoms with van der Waals surface area (Å²) in [5, 5.41) is 3.17. The van der Waals surface area contributed by atoms with Gasteiger partial charge in [0.05, 0.1) is 26.7 Å². The fourth-order valence-corrected chi connectivity index (χ4v) is 4.62. The van der Waals surface area contributed by atoms with Crippen LogP contribution in [0, 0.1) is 0 Å². The molecule has 0 aromatic heterocycles. The minimum absolute atomic E-state index is 0.0263. The number of hydrogen-bond acceptors (Lipinski definition) is 4. The van der Waals surface area contributed by atoms with Gasteiger partial charge in [0.1, 0.15) is 12.3 Å². The summed E-state index contributed by atoms with van der Waals surface area (Å²) < 4.78 is 33.2. The number of nitrogens with zero attached hydrogens (tertiary/aromatic N) is 1. The molecule has 0 heterocycles. The Kier molecular flexibility index (Phi) is 7.66. The van der Waals surface area contributed by atoms with E-state index in [1.807, 2.05) is 13.8 Å². The molecule has 3 aromatic carbocycles. The van der Waals surface area contributed by atoms with Gasteiger partial charge in [-0.05, 0) is 68.4 Å². The standard InChI is InChI=1S/C23H22Cl2N2O4S/c1-16(2)31-19-11-8-17(9-12-19)26-23(28)15-27(18-10-13-21(24)22(25)14-18)32(29,30)20-6-4-3-5-7-20/h3-14,16H,15H2,1-2H3,(H,26,28). The van der Waals surface area contributed by atoms with E-state index >= 15 is 0 Å². The largest absolute Gasteiger partial charge is 0.491 e. The lowest BCUT2D eigenvalue weighted by molar-refractivity contribution is -0.114. The molecule has 0 spiro atoms. The molecule has 1 amide bonds. The van der Waals surface area contributed by atoms with Gasteiger partial charge in [-0.3, -0.25) is 9.10 Å². The van der Waals surface area contributed by atoms with E-state index in [-0.39, 0.29) is 26.7 Å². The molecule has 0 aliphatic carbocycles. The Bertz CT molecular complexity index is 1180. The van der Waals surface area contributed by atoms with Crippen molar-refractivity contribution >= 4 is 50.5 Å². The van der Waals surface area contributed by atoms with Crippen molar-refractivity contribution in [2.45, 2.75) is 24.8 Å². The Morgan fingerprint density at radius 2 is 1.62 bits per heavy atom. The zero-order valence-electron chi connectivity index (χ0n) is 17.5. The number of nitrogens with one attached hydrogen (secondary N) is 1. The van der Waals surface area contributed by atoms with Crippen LogP contribution in [0.3, 0.4) is 0 Å². The number of ether oxygens (including phenoxy) is 1. The second-order valence-electron chi connectivity index (χ2n) is 7.16. The normalized spacial score (nSPS) is 11.3. The molecule has 0 unspecified atom stereocenters. The van der Waals surface area contributed by atoms with Crippen LogP contribution >= 0.6 is 23.2 Å². The molecule has 6 nitrogen and oxygen atoms in total. The molecule has 0 saturated carbocycles. The zero-order valence-corrected chi connectivity index (χ0v) is 19.8.